The van der Waals surface area contributed by atoms with Gasteiger partial charge in [-0.3, -0.25) is 19.8 Å². The maximum absolute atomic E-state index is 13.1. The maximum Gasteiger partial charge on any atom is 0.325 e. The maximum atomic E-state index is 13.1. The summed E-state index contributed by atoms with van der Waals surface area (Å²) in [6.07, 6.45) is 1.57. The predicted octanol–water partition coefficient (Wildman–Crippen LogP) is 0.918. The number of aromatic amines is 1. The Morgan fingerprint density at radius 3 is 2.74 bits per heavy atom. The lowest BCUT2D eigenvalue weighted by Crippen LogP contribution is -2.44. The Kier molecular flexibility index (Phi) is 4.80. The number of H-pyrrole nitrogens is 1. The number of imide groups is 1. The molecule has 0 spiro atoms. The molecule has 1 aliphatic rings. The Morgan fingerprint density at radius 1 is 1.37 bits per heavy atom. The minimum absolute atomic E-state index is 0.139. The van der Waals surface area contributed by atoms with Crippen LogP contribution in [0.4, 0.5) is 10.7 Å². The smallest absolute Gasteiger partial charge is 0.325 e. The van der Waals surface area contributed by atoms with Crippen LogP contribution in [-0.2, 0) is 15.1 Å². The van der Waals surface area contributed by atoms with Gasteiger partial charge in [-0.2, -0.15) is 10.1 Å². The number of nitrogens with zero attached hydrogens (tertiary/aromatic N) is 3. The van der Waals surface area contributed by atoms with Crippen molar-refractivity contribution in [3.05, 3.63) is 35.7 Å². The fourth-order valence-corrected chi connectivity index (χ4v) is 3.13. The highest BCUT2D eigenvalue weighted by molar-refractivity contribution is 6.10. The second kappa shape index (κ2) is 7.06. The van der Waals surface area contributed by atoms with Crippen LogP contribution in [0, 0.1) is 6.92 Å². The van der Waals surface area contributed by atoms with E-state index in [4.69, 9.17) is 4.74 Å². The van der Waals surface area contributed by atoms with E-state index in [1.165, 1.54) is 6.33 Å². The molecule has 27 heavy (non-hydrogen) atoms. The van der Waals surface area contributed by atoms with Crippen LogP contribution in [0.5, 0.6) is 5.75 Å². The van der Waals surface area contributed by atoms with E-state index in [2.05, 4.69) is 25.8 Å². The molecule has 0 aliphatic carbocycles. The van der Waals surface area contributed by atoms with Gasteiger partial charge >= 0.3 is 6.03 Å². The zero-order valence-electron chi connectivity index (χ0n) is 15.2. The minimum Gasteiger partial charge on any atom is -0.496 e. The van der Waals surface area contributed by atoms with Gasteiger partial charge in [-0.1, -0.05) is 13.0 Å². The number of hydrogen-bond acceptors (Lipinski definition) is 6. The van der Waals surface area contributed by atoms with Gasteiger partial charge in [0.15, 0.2) is 0 Å². The molecule has 1 atom stereocenters. The molecule has 1 unspecified atom stereocenters. The van der Waals surface area contributed by atoms with Gasteiger partial charge in [0.2, 0.25) is 11.9 Å². The molecule has 1 aromatic carbocycles. The second-order valence-corrected chi connectivity index (χ2v) is 6.15. The zero-order chi connectivity index (χ0) is 19.6. The molecule has 2 aromatic rings. The molecule has 10 heteroatoms. The molecule has 0 bridgehead atoms. The minimum atomic E-state index is -1.22. The number of carbonyl (C=O) groups is 3. The second-order valence-electron chi connectivity index (χ2n) is 6.15. The van der Waals surface area contributed by atoms with Gasteiger partial charge in [-0.25, -0.2) is 9.89 Å². The normalized spacial score (nSPS) is 19.1. The number of urea groups is 1. The first-order valence-corrected chi connectivity index (χ1v) is 8.35. The van der Waals surface area contributed by atoms with E-state index in [1.54, 1.807) is 32.2 Å². The highest BCUT2D eigenvalue weighted by Crippen LogP contribution is 2.34. The molecule has 4 amide bonds. The number of methoxy groups -OCH3 is 1. The molecular weight excluding hydrogens is 352 g/mol. The first-order valence-electron chi connectivity index (χ1n) is 8.35. The number of aromatic nitrogens is 3. The number of rotatable bonds is 6. The Balaban J connectivity index is 1.84. The third-order valence-corrected chi connectivity index (χ3v) is 4.57. The lowest BCUT2D eigenvalue weighted by atomic mass is 9.86. The Morgan fingerprint density at radius 2 is 2.15 bits per heavy atom. The largest absolute Gasteiger partial charge is 0.496 e. The number of benzene rings is 1. The SMILES string of the molecule is CCC1(c2ccc(OC)c(C)c2)NC(=O)N(CC(=O)Nc2ncn[nH]2)C1=O. The number of carbonyl (C=O) groups excluding carboxylic acids is 3. The number of nitrogens with one attached hydrogen (secondary N) is 3. The van der Waals surface area contributed by atoms with Crippen molar-refractivity contribution in [1.29, 1.82) is 0 Å². The summed E-state index contributed by atoms with van der Waals surface area (Å²) in [5, 5.41) is 11.3. The van der Waals surface area contributed by atoms with Crippen LogP contribution in [0.2, 0.25) is 0 Å². The van der Waals surface area contributed by atoms with E-state index in [9.17, 15) is 14.4 Å². The average Bonchev–Trinajstić information content (AvgIpc) is 3.23. The van der Waals surface area contributed by atoms with Crippen LogP contribution in [0.1, 0.15) is 24.5 Å². The van der Waals surface area contributed by atoms with Crippen molar-refractivity contribution >= 4 is 23.8 Å². The van der Waals surface area contributed by atoms with E-state index < -0.39 is 29.9 Å². The van der Waals surface area contributed by atoms with Crippen LogP contribution in [-0.4, -0.2) is 51.6 Å². The molecule has 1 aromatic heterocycles. The molecule has 0 radical (unpaired) electrons. The first kappa shape index (κ1) is 18.4. The van der Waals surface area contributed by atoms with Gasteiger partial charge in [0.25, 0.3) is 5.91 Å². The average molecular weight is 372 g/mol. The molecule has 10 nitrogen and oxygen atoms in total. The highest BCUT2D eigenvalue weighted by atomic mass is 16.5. The van der Waals surface area contributed by atoms with Gasteiger partial charge in [-0.05, 0) is 36.6 Å². The number of hydrogen-bond donors (Lipinski definition) is 3. The van der Waals surface area contributed by atoms with Crippen molar-refractivity contribution in [1.82, 2.24) is 25.4 Å². The molecule has 1 saturated heterocycles. The highest BCUT2D eigenvalue weighted by Gasteiger charge is 2.51. The van der Waals surface area contributed by atoms with Crippen LogP contribution >= 0.6 is 0 Å². The summed E-state index contributed by atoms with van der Waals surface area (Å²) in [5.74, 6) is -0.218. The van der Waals surface area contributed by atoms with Gasteiger partial charge in [0.05, 0.1) is 7.11 Å². The standard InChI is InChI=1S/C17H20N6O4/c1-4-17(11-5-6-12(27-3)10(2)7-11)14(25)23(16(26)21-17)8-13(24)20-15-18-9-19-22-15/h5-7,9H,4,8H2,1-3H3,(H,21,26)(H2,18,19,20,22,24). The predicted molar refractivity (Wildman–Crippen MR) is 95.0 cm³/mol. The van der Waals surface area contributed by atoms with Crippen LogP contribution in [0.15, 0.2) is 24.5 Å². The third-order valence-electron chi connectivity index (χ3n) is 4.57. The molecule has 1 fully saturated rings. The molecule has 3 N–H and O–H groups in total. The van der Waals surface area contributed by atoms with E-state index in [-0.39, 0.29) is 5.95 Å². The lowest BCUT2D eigenvalue weighted by Gasteiger charge is -2.26. The Hall–Kier alpha value is -3.43. The number of aryl methyl sites for hydroxylation is 1. The van der Waals surface area contributed by atoms with E-state index in [1.807, 2.05) is 6.92 Å². The van der Waals surface area contributed by atoms with Crippen LogP contribution < -0.4 is 15.4 Å². The zero-order valence-corrected chi connectivity index (χ0v) is 15.2. The topological polar surface area (TPSA) is 129 Å². The van der Waals surface area contributed by atoms with Crippen molar-refractivity contribution in [2.24, 2.45) is 0 Å². The van der Waals surface area contributed by atoms with Crippen molar-refractivity contribution in [2.45, 2.75) is 25.8 Å². The van der Waals surface area contributed by atoms with Crippen LogP contribution in [0.25, 0.3) is 0 Å². The number of anilines is 1. The van der Waals surface area contributed by atoms with E-state index in [0.717, 1.165) is 10.5 Å². The third kappa shape index (κ3) is 3.21. The summed E-state index contributed by atoms with van der Waals surface area (Å²) in [5.41, 5.74) is 0.256. The molecule has 3 rings (SSSR count). The molecule has 1 aliphatic heterocycles. The fourth-order valence-electron chi connectivity index (χ4n) is 3.13. The summed E-state index contributed by atoms with van der Waals surface area (Å²) < 4.78 is 5.25. The molecule has 2 heterocycles. The van der Waals surface area contributed by atoms with Gasteiger partial charge < -0.3 is 10.1 Å². The van der Waals surface area contributed by atoms with Gasteiger partial charge in [0.1, 0.15) is 24.2 Å². The Bertz CT molecular complexity index is 882. The van der Waals surface area contributed by atoms with Crippen molar-refractivity contribution in [3.63, 3.8) is 0 Å². The fraction of sp³-hybridized carbons (Fsp3) is 0.353. The number of ether oxygens (including phenoxy) is 1. The monoisotopic (exact) mass is 372 g/mol. The van der Waals surface area contributed by atoms with E-state index >= 15 is 0 Å². The molecule has 0 saturated carbocycles. The van der Waals surface area contributed by atoms with Crippen molar-refractivity contribution < 1.29 is 19.1 Å². The van der Waals surface area contributed by atoms with Crippen molar-refractivity contribution in [2.75, 3.05) is 19.0 Å². The summed E-state index contributed by atoms with van der Waals surface area (Å²) in [6, 6.07) is 4.67. The molecule has 142 valence electrons. The van der Waals surface area contributed by atoms with Crippen LogP contribution in [0.3, 0.4) is 0 Å². The Labute approximate surface area is 155 Å². The summed E-state index contributed by atoms with van der Waals surface area (Å²) >= 11 is 0. The summed E-state index contributed by atoms with van der Waals surface area (Å²) in [7, 11) is 1.56. The number of amides is 4. The summed E-state index contributed by atoms with van der Waals surface area (Å²) in [6.45, 7) is 3.23. The first-order chi connectivity index (χ1) is 12.9. The van der Waals surface area contributed by atoms with Gasteiger partial charge in [-0.15, -0.1) is 0 Å². The van der Waals surface area contributed by atoms with Gasteiger partial charge in [0, 0.05) is 0 Å². The van der Waals surface area contributed by atoms with Crippen molar-refractivity contribution in [3.8, 4) is 5.75 Å². The lowest BCUT2D eigenvalue weighted by molar-refractivity contribution is -0.134. The summed E-state index contributed by atoms with van der Waals surface area (Å²) in [4.78, 5) is 42.3. The van der Waals surface area contributed by atoms with E-state index in [0.29, 0.717) is 17.7 Å². The molecular formula is C17H20N6O4. The quantitative estimate of drug-likeness (QED) is 0.647.